The molecule has 0 spiro atoms. The highest BCUT2D eigenvalue weighted by Gasteiger charge is 2.26. The third-order valence-electron chi connectivity index (χ3n) is 4.58. The van der Waals surface area contributed by atoms with Crippen LogP contribution in [0.4, 0.5) is 4.39 Å². The van der Waals surface area contributed by atoms with Crippen molar-refractivity contribution in [3.05, 3.63) is 98.5 Å². The molecule has 0 radical (unpaired) electrons. The fourth-order valence-corrected chi connectivity index (χ4v) is 3.71. The highest BCUT2D eigenvalue weighted by Crippen LogP contribution is 2.31. The number of hydrogen-bond donors (Lipinski definition) is 0. The van der Waals surface area contributed by atoms with Gasteiger partial charge in [-0.3, -0.25) is 0 Å². The van der Waals surface area contributed by atoms with Crippen LogP contribution in [0.1, 0.15) is 23.6 Å². The van der Waals surface area contributed by atoms with Crippen LogP contribution in [0.25, 0.3) is 6.08 Å². The minimum absolute atomic E-state index is 0.0539. The lowest BCUT2D eigenvalue weighted by Crippen LogP contribution is -2.07. The molecule has 3 aromatic rings. The fourth-order valence-electron chi connectivity index (χ4n) is 3.11. The lowest BCUT2D eigenvalue weighted by molar-refractivity contribution is -0.129. The molecule has 0 aromatic heterocycles. The molecule has 3 aromatic carbocycles. The van der Waals surface area contributed by atoms with Crippen molar-refractivity contribution in [2.24, 2.45) is 4.99 Å². The molecule has 1 aliphatic heterocycles. The van der Waals surface area contributed by atoms with E-state index in [2.05, 4.69) is 33.6 Å². The van der Waals surface area contributed by atoms with Crippen LogP contribution < -0.4 is 9.47 Å². The molecule has 0 fully saturated rings. The maximum absolute atomic E-state index is 14.0. The molecular weight excluding hydrogens is 524 g/mol. The molecule has 0 N–H and O–H groups in total. The molecule has 0 saturated heterocycles. The van der Waals surface area contributed by atoms with Gasteiger partial charge >= 0.3 is 5.97 Å². The predicted molar refractivity (Wildman–Crippen MR) is 128 cm³/mol. The van der Waals surface area contributed by atoms with Crippen molar-refractivity contribution in [1.82, 2.24) is 0 Å². The molecule has 1 aliphatic rings. The summed E-state index contributed by atoms with van der Waals surface area (Å²) < 4.78 is 32.0. The number of carbonyl (C=O) groups is 1. The van der Waals surface area contributed by atoms with Crippen LogP contribution in [0.3, 0.4) is 0 Å². The standard InChI is InChI=1S/C25H19FINO4/c1-2-30-23-14-16(10-11-22(23)31-15-17-6-5-7-18(27)12-17)13-21-25(29)32-24(28-21)19-8-3-4-9-20(19)26/h3-14H,2,15H2,1H3/b21-13-. The third kappa shape index (κ3) is 5.16. The van der Waals surface area contributed by atoms with Crippen molar-refractivity contribution in [3.63, 3.8) is 0 Å². The molecule has 0 bridgehead atoms. The van der Waals surface area contributed by atoms with Gasteiger partial charge in [0.05, 0.1) is 12.2 Å². The van der Waals surface area contributed by atoms with Gasteiger partial charge in [-0.25, -0.2) is 14.2 Å². The predicted octanol–water partition coefficient (Wildman–Crippen LogP) is 5.75. The van der Waals surface area contributed by atoms with Gasteiger partial charge in [-0.1, -0.05) is 30.3 Å². The number of nitrogens with zero attached hydrogens (tertiary/aromatic N) is 1. The van der Waals surface area contributed by atoms with Crippen LogP contribution in [-0.2, 0) is 16.1 Å². The largest absolute Gasteiger partial charge is 0.490 e. The minimum atomic E-state index is -0.639. The van der Waals surface area contributed by atoms with Crippen LogP contribution in [0.2, 0.25) is 0 Å². The topological polar surface area (TPSA) is 57.1 Å². The first-order valence-electron chi connectivity index (χ1n) is 9.95. The number of halogens is 2. The SMILES string of the molecule is CCOc1cc(/C=C2\N=C(c3ccccc3F)OC2=O)ccc1OCc1cccc(I)c1. The summed E-state index contributed by atoms with van der Waals surface area (Å²) in [5.74, 6) is -0.0508. The molecule has 0 unspecified atom stereocenters. The number of rotatable bonds is 7. The normalized spacial score (nSPS) is 14.3. The Labute approximate surface area is 198 Å². The fraction of sp³-hybridized carbons (Fsp3) is 0.120. The second kappa shape index (κ2) is 9.95. The number of hydrogen-bond acceptors (Lipinski definition) is 5. The molecule has 0 saturated carbocycles. The summed E-state index contributed by atoms with van der Waals surface area (Å²) in [5.41, 5.74) is 1.95. The van der Waals surface area contributed by atoms with Crippen molar-refractivity contribution in [2.45, 2.75) is 13.5 Å². The van der Waals surface area contributed by atoms with Crippen LogP contribution in [-0.4, -0.2) is 18.5 Å². The van der Waals surface area contributed by atoms with E-state index in [0.29, 0.717) is 30.3 Å². The molecule has 162 valence electrons. The summed E-state index contributed by atoms with van der Waals surface area (Å²) in [6.45, 7) is 2.74. The Morgan fingerprint density at radius 3 is 2.66 bits per heavy atom. The van der Waals surface area contributed by atoms with E-state index in [9.17, 15) is 9.18 Å². The summed E-state index contributed by atoms with van der Waals surface area (Å²) in [5, 5.41) is 0. The first-order valence-corrected chi connectivity index (χ1v) is 11.0. The van der Waals surface area contributed by atoms with Crippen molar-refractivity contribution in [2.75, 3.05) is 6.61 Å². The maximum Gasteiger partial charge on any atom is 0.363 e. The van der Waals surface area contributed by atoms with Gasteiger partial charge in [0.15, 0.2) is 17.2 Å². The number of ether oxygens (including phenoxy) is 3. The van der Waals surface area contributed by atoms with Crippen LogP contribution in [0, 0.1) is 9.39 Å². The molecular formula is C25H19FINO4. The highest BCUT2D eigenvalue weighted by molar-refractivity contribution is 14.1. The Balaban J connectivity index is 1.57. The van der Waals surface area contributed by atoms with E-state index in [4.69, 9.17) is 14.2 Å². The number of cyclic esters (lactones) is 1. The van der Waals surface area contributed by atoms with Gasteiger partial charge < -0.3 is 14.2 Å². The van der Waals surface area contributed by atoms with Crippen molar-refractivity contribution >= 4 is 40.5 Å². The summed E-state index contributed by atoms with van der Waals surface area (Å²) in [6.07, 6.45) is 1.57. The highest BCUT2D eigenvalue weighted by atomic mass is 127. The van der Waals surface area contributed by atoms with Crippen LogP contribution >= 0.6 is 22.6 Å². The Hall–Kier alpha value is -3.20. The molecule has 7 heteroatoms. The molecule has 32 heavy (non-hydrogen) atoms. The number of benzene rings is 3. The monoisotopic (exact) mass is 543 g/mol. The lowest BCUT2D eigenvalue weighted by Gasteiger charge is -2.13. The van der Waals surface area contributed by atoms with Crippen molar-refractivity contribution in [1.29, 1.82) is 0 Å². The molecule has 5 nitrogen and oxygen atoms in total. The van der Waals surface area contributed by atoms with Gasteiger partial charge in [0.25, 0.3) is 0 Å². The Bertz CT molecular complexity index is 1220. The van der Waals surface area contributed by atoms with E-state index < -0.39 is 11.8 Å². The van der Waals surface area contributed by atoms with Crippen LogP contribution in [0.5, 0.6) is 11.5 Å². The third-order valence-corrected chi connectivity index (χ3v) is 5.25. The summed E-state index contributed by atoms with van der Waals surface area (Å²) in [6, 6.07) is 19.4. The van der Waals surface area contributed by atoms with Gasteiger partial charge in [0.1, 0.15) is 12.4 Å². The van der Waals surface area contributed by atoms with Gasteiger partial charge in [-0.15, -0.1) is 0 Å². The van der Waals surface area contributed by atoms with Gasteiger partial charge in [0.2, 0.25) is 5.90 Å². The average molecular weight is 543 g/mol. The first kappa shape index (κ1) is 22.0. The van der Waals surface area contributed by atoms with E-state index in [1.807, 2.05) is 25.1 Å². The quantitative estimate of drug-likeness (QED) is 0.216. The number of aliphatic imine (C=N–C) groups is 1. The molecule has 0 aliphatic carbocycles. The van der Waals surface area contributed by atoms with Crippen molar-refractivity contribution in [3.8, 4) is 11.5 Å². The smallest absolute Gasteiger partial charge is 0.363 e. The molecule has 1 heterocycles. The van der Waals surface area contributed by atoms with E-state index in [1.165, 1.54) is 12.1 Å². The number of carbonyl (C=O) groups excluding carboxylic acids is 1. The minimum Gasteiger partial charge on any atom is -0.490 e. The Kier molecular flexibility index (Phi) is 6.84. The summed E-state index contributed by atoms with van der Waals surface area (Å²) >= 11 is 2.26. The summed E-state index contributed by atoms with van der Waals surface area (Å²) in [7, 11) is 0. The van der Waals surface area contributed by atoms with E-state index in [-0.39, 0.29) is 17.2 Å². The Morgan fingerprint density at radius 1 is 1.03 bits per heavy atom. The van der Waals surface area contributed by atoms with Gasteiger partial charge in [-0.05, 0) is 83.1 Å². The molecule has 0 atom stereocenters. The Morgan fingerprint density at radius 2 is 1.88 bits per heavy atom. The molecule has 0 amide bonds. The summed E-state index contributed by atoms with van der Waals surface area (Å²) in [4.78, 5) is 16.4. The number of esters is 1. The maximum atomic E-state index is 14.0. The van der Waals surface area contributed by atoms with Crippen molar-refractivity contribution < 1.29 is 23.4 Å². The zero-order valence-corrected chi connectivity index (χ0v) is 19.3. The average Bonchev–Trinajstić information content (AvgIpc) is 3.13. The van der Waals surface area contributed by atoms with Gasteiger partial charge in [0, 0.05) is 3.57 Å². The second-order valence-electron chi connectivity index (χ2n) is 6.87. The molecule has 4 rings (SSSR count). The van der Waals surface area contributed by atoms with E-state index in [1.54, 1.807) is 36.4 Å². The van der Waals surface area contributed by atoms with Crippen LogP contribution in [0.15, 0.2) is 77.4 Å². The zero-order chi connectivity index (χ0) is 22.5. The van der Waals surface area contributed by atoms with Gasteiger partial charge in [-0.2, -0.15) is 0 Å². The van der Waals surface area contributed by atoms with E-state index >= 15 is 0 Å². The first-order chi connectivity index (χ1) is 15.5. The van der Waals surface area contributed by atoms with E-state index in [0.717, 1.165) is 9.13 Å². The lowest BCUT2D eigenvalue weighted by atomic mass is 10.1. The second-order valence-corrected chi connectivity index (χ2v) is 8.12. The zero-order valence-electron chi connectivity index (χ0n) is 17.2.